The number of nitrogens with two attached hydrogens (primary N) is 1. The van der Waals surface area contributed by atoms with Crippen LogP contribution in [0.25, 0.3) is 0 Å². The number of halogens is 1. The molecule has 104 valence electrons. The molecular formula is C12H10ClN3O3S. The van der Waals surface area contributed by atoms with Gasteiger partial charge in [0.15, 0.2) is 0 Å². The normalized spacial score (nSPS) is 11.1. The minimum absolute atomic E-state index is 0.212. The van der Waals surface area contributed by atoms with Crippen LogP contribution in [-0.2, 0) is 16.6 Å². The van der Waals surface area contributed by atoms with E-state index in [0.29, 0.717) is 22.0 Å². The van der Waals surface area contributed by atoms with E-state index in [2.05, 4.69) is 5.32 Å². The third-order valence-corrected chi connectivity index (χ3v) is 3.58. The first-order valence-corrected chi connectivity index (χ1v) is 7.37. The molecule has 0 radical (unpaired) electrons. The summed E-state index contributed by atoms with van der Waals surface area (Å²) in [6.07, 6.45) is 0. The number of rotatable bonds is 4. The highest BCUT2D eigenvalue weighted by Crippen LogP contribution is 2.23. The fraction of sp³-hybridized carbons (Fsp3) is 0.0833. The van der Waals surface area contributed by atoms with Gasteiger partial charge in [0.1, 0.15) is 5.76 Å². The average Bonchev–Trinajstić information content (AvgIpc) is 2.86. The van der Waals surface area contributed by atoms with Gasteiger partial charge < -0.3 is 9.73 Å². The van der Waals surface area contributed by atoms with E-state index in [9.17, 15) is 8.42 Å². The van der Waals surface area contributed by atoms with Gasteiger partial charge in [-0.2, -0.15) is 5.26 Å². The van der Waals surface area contributed by atoms with Crippen molar-refractivity contribution in [2.75, 3.05) is 5.32 Å². The second-order valence-electron chi connectivity index (χ2n) is 3.93. The molecule has 1 aromatic carbocycles. The average molecular weight is 312 g/mol. The van der Waals surface area contributed by atoms with Crippen LogP contribution in [0.2, 0.25) is 5.02 Å². The van der Waals surface area contributed by atoms with E-state index in [1.54, 1.807) is 18.2 Å². The Labute approximate surface area is 120 Å². The number of furan rings is 1. The Morgan fingerprint density at radius 3 is 2.70 bits per heavy atom. The van der Waals surface area contributed by atoms with E-state index in [1.165, 1.54) is 12.1 Å². The maximum Gasteiger partial charge on any atom is 0.271 e. The van der Waals surface area contributed by atoms with Crippen molar-refractivity contribution in [3.8, 4) is 6.07 Å². The SMILES string of the molecule is N#Cc1ccc(Cl)c(NCc2ccc(S(N)(=O)=O)o2)c1. The van der Waals surface area contributed by atoms with Crippen LogP contribution in [0.15, 0.2) is 39.8 Å². The molecule has 0 aliphatic carbocycles. The topological polar surface area (TPSA) is 109 Å². The number of anilines is 1. The largest absolute Gasteiger partial charge is 0.446 e. The zero-order valence-electron chi connectivity index (χ0n) is 10.1. The molecule has 0 spiro atoms. The fourth-order valence-corrected chi connectivity index (χ4v) is 2.18. The molecule has 0 aliphatic rings. The van der Waals surface area contributed by atoms with Crippen molar-refractivity contribution < 1.29 is 12.8 Å². The van der Waals surface area contributed by atoms with Crippen LogP contribution in [0.1, 0.15) is 11.3 Å². The Kier molecular flexibility index (Phi) is 3.99. The van der Waals surface area contributed by atoms with Crippen LogP contribution in [0, 0.1) is 11.3 Å². The molecule has 0 aliphatic heterocycles. The standard InChI is InChI=1S/C12H10ClN3O3S/c13-10-3-1-8(6-14)5-11(10)16-7-9-2-4-12(19-9)20(15,17)18/h1-5,16H,7H2,(H2,15,17,18). The summed E-state index contributed by atoms with van der Waals surface area (Å²) in [7, 11) is -3.85. The van der Waals surface area contributed by atoms with E-state index in [1.807, 2.05) is 6.07 Å². The summed E-state index contributed by atoms with van der Waals surface area (Å²) in [5.74, 6) is 0.382. The van der Waals surface area contributed by atoms with Crippen LogP contribution in [0.4, 0.5) is 5.69 Å². The summed E-state index contributed by atoms with van der Waals surface area (Å²) < 4.78 is 27.2. The van der Waals surface area contributed by atoms with Crippen molar-refractivity contribution >= 4 is 27.3 Å². The van der Waals surface area contributed by atoms with Crippen LogP contribution < -0.4 is 10.5 Å². The van der Waals surface area contributed by atoms with Crippen molar-refractivity contribution in [2.24, 2.45) is 5.14 Å². The molecule has 20 heavy (non-hydrogen) atoms. The molecule has 2 rings (SSSR count). The van der Waals surface area contributed by atoms with Gasteiger partial charge >= 0.3 is 0 Å². The van der Waals surface area contributed by atoms with Crippen molar-refractivity contribution in [1.29, 1.82) is 5.26 Å². The fourth-order valence-electron chi connectivity index (χ4n) is 1.52. The molecule has 2 aromatic rings. The lowest BCUT2D eigenvalue weighted by Crippen LogP contribution is -2.10. The molecule has 0 unspecified atom stereocenters. The number of nitriles is 1. The molecule has 1 aromatic heterocycles. The molecule has 0 saturated heterocycles. The van der Waals surface area contributed by atoms with Crippen LogP contribution >= 0.6 is 11.6 Å². The molecule has 0 amide bonds. The monoisotopic (exact) mass is 311 g/mol. The highest BCUT2D eigenvalue weighted by molar-refractivity contribution is 7.89. The van der Waals surface area contributed by atoms with E-state index in [0.717, 1.165) is 0 Å². The minimum atomic E-state index is -3.85. The Balaban J connectivity index is 2.13. The zero-order valence-corrected chi connectivity index (χ0v) is 11.7. The van der Waals surface area contributed by atoms with Crippen molar-refractivity contribution in [2.45, 2.75) is 11.6 Å². The predicted molar refractivity (Wildman–Crippen MR) is 73.6 cm³/mol. The first kappa shape index (κ1) is 14.4. The van der Waals surface area contributed by atoms with Gasteiger partial charge in [-0.05, 0) is 30.3 Å². The minimum Gasteiger partial charge on any atom is -0.446 e. The Bertz CT molecular complexity index is 777. The van der Waals surface area contributed by atoms with E-state index >= 15 is 0 Å². The Morgan fingerprint density at radius 1 is 1.35 bits per heavy atom. The van der Waals surface area contributed by atoms with Gasteiger partial charge in [0.05, 0.1) is 28.9 Å². The Morgan fingerprint density at radius 2 is 2.10 bits per heavy atom. The quantitative estimate of drug-likeness (QED) is 0.898. The molecule has 6 nitrogen and oxygen atoms in total. The lowest BCUT2D eigenvalue weighted by Gasteiger charge is -2.06. The number of primary sulfonamides is 1. The molecule has 0 saturated carbocycles. The molecule has 0 atom stereocenters. The van der Waals surface area contributed by atoms with Gasteiger partial charge in [0, 0.05) is 0 Å². The molecule has 1 heterocycles. The summed E-state index contributed by atoms with van der Waals surface area (Å²) in [4.78, 5) is 0. The van der Waals surface area contributed by atoms with Gasteiger partial charge in [0.2, 0.25) is 5.09 Å². The first-order valence-electron chi connectivity index (χ1n) is 5.45. The first-order chi connectivity index (χ1) is 9.40. The highest BCUT2D eigenvalue weighted by Gasteiger charge is 2.13. The number of hydrogen-bond acceptors (Lipinski definition) is 5. The molecule has 3 N–H and O–H groups in total. The van der Waals surface area contributed by atoms with Crippen molar-refractivity contribution in [3.05, 3.63) is 46.7 Å². The smallest absolute Gasteiger partial charge is 0.271 e. The summed E-state index contributed by atoms with van der Waals surface area (Å²) >= 11 is 5.98. The second-order valence-corrected chi connectivity index (χ2v) is 5.83. The third kappa shape index (κ3) is 3.30. The Hall–Kier alpha value is -2.01. The molecule has 0 bridgehead atoms. The lowest BCUT2D eigenvalue weighted by molar-refractivity contribution is 0.419. The molecule has 8 heteroatoms. The number of nitrogens with one attached hydrogen (secondary N) is 1. The maximum absolute atomic E-state index is 11.1. The van der Waals surface area contributed by atoms with Gasteiger partial charge in [-0.3, -0.25) is 0 Å². The lowest BCUT2D eigenvalue weighted by atomic mass is 10.2. The van der Waals surface area contributed by atoms with E-state index in [-0.39, 0.29) is 11.6 Å². The van der Waals surface area contributed by atoms with E-state index < -0.39 is 10.0 Å². The highest BCUT2D eigenvalue weighted by atomic mass is 35.5. The summed E-state index contributed by atoms with van der Waals surface area (Å²) in [6.45, 7) is 0.212. The maximum atomic E-state index is 11.1. The third-order valence-electron chi connectivity index (χ3n) is 2.47. The summed E-state index contributed by atoms with van der Waals surface area (Å²) in [6, 6.07) is 9.55. The summed E-state index contributed by atoms with van der Waals surface area (Å²) in [5.41, 5.74) is 1.01. The predicted octanol–water partition coefficient (Wildman–Crippen LogP) is 2.06. The second kappa shape index (κ2) is 5.54. The van der Waals surface area contributed by atoms with Crippen LogP contribution in [0.3, 0.4) is 0 Å². The van der Waals surface area contributed by atoms with Gasteiger partial charge in [-0.1, -0.05) is 11.6 Å². The zero-order chi connectivity index (χ0) is 14.8. The molecule has 0 fully saturated rings. The number of hydrogen-bond donors (Lipinski definition) is 2. The van der Waals surface area contributed by atoms with Gasteiger partial charge in [-0.25, -0.2) is 13.6 Å². The van der Waals surface area contributed by atoms with E-state index in [4.69, 9.17) is 26.4 Å². The van der Waals surface area contributed by atoms with Crippen molar-refractivity contribution in [1.82, 2.24) is 0 Å². The van der Waals surface area contributed by atoms with Gasteiger partial charge in [0.25, 0.3) is 10.0 Å². The summed E-state index contributed by atoms with van der Waals surface area (Å²) in [5, 5.41) is 16.9. The van der Waals surface area contributed by atoms with Crippen LogP contribution in [0.5, 0.6) is 0 Å². The number of benzene rings is 1. The van der Waals surface area contributed by atoms with Gasteiger partial charge in [-0.15, -0.1) is 0 Å². The number of sulfonamides is 1. The molecular weight excluding hydrogens is 302 g/mol. The van der Waals surface area contributed by atoms with Crippen LogP contribution in [-0.4, -0.2) is 8.42 Å². The van der Waals surface area contributed by atoms with Crippen molar-refractivity contribution in [3.63, 3.8) is 0 Å². The number of nitrogens with zero attached hydrogens (tertiary/aromatic N) is 1.